The molecule has 2 heterocycles. The van der Waals surface area contributed by atoms with Gasteiger partial charge in [0.15, 0.2) is 5.79 Å². The summed E-state index contributed by atoms with van der Waals surface area (Å²) in [6.07, 6.45) is 0. The number of rotatable bonds is 3. The van der Waals surface area contributed by atoms with E-state index in [4.69, 9.17) is 9.47 Å². The van der Waals surface area contributed by atoms with Crippen molar-refractivity contribution in [2.75, 3.05) is 13.2 Å². The molecule has 1 saturated heterocycles. The standard InChI is InChI=1S/C11H17NO2S/c1-11(2)13-6-10(7-14-11)12-5-9-3-4-15-8-9/h3-4,8,10,12H,5-7H2,1-2H3. The summed E-state index contributed by atoms with van der Waals surface area (Å²) in [4.78, 5) is 0. The summed E-state index contributed by atoms with van der Waals surface area (Å²) in [6.45, 7) is 6.22. The first-order chi connectivity index (χ1) is 7.16. The molecule has 0 aliphatic carbocycles. The van der Waals surface area contributed by atoms with Crippen LogP contribution in [0.4, 0.5) is 0 Å². The average molecular weight is 227 g/mol. The lowest BCUT2D eigenvalue weighted by molar-refractivity contribution is -0.253. The molecular formula is C11H17NO2S. The van der Waals surface area contributed by atoms with E-state index in [1.54, 1.807) is 11.3 Å². The Labute approximate surface area is 94.4 Å². The molecular weight excluding hydrogens is 210 g/mol. The average Bonchev–Trinajstić information content (AvgIpc) is 2.69. The highest BCUT2D eigenvalue weighted by Gasteiger charge is 2.27. The van der Waals surface area contributed by atoms with Gasteiger partial charge in [-0.1, -0.05) is 0 Å². The molecule has 1 aromatic heterocycles. The largest absolute Gasteiger partial charge is 0.349 e. The minimum absolute atomic E-state index is 0.304. The number of nitrogens with one attached hydrogen (secondary N) is 1. The monoisotopic (exact) mass is 227 g/mol. The van der Waals surface area contributed by atoms with Crippen LogP contribution in [0.2, 0.25) is 0 Å². The molecule has 2 rings (SSSR count). The van der Waals surface area contributed by atoms with Crippen LogP contribution in [0.1, 0.15) is 19.4 Å². The van der Waals surface area contributed by atoms with Gasteiger partial charge in [0, 0.05) is 6.54 Å². The fourth-order valence-corrected chi connectivity index (χ4v) is 2.13. The third kappa shape index (κ3) is 3.28. The predicted molar refractivity (Wildman–Crippen MR) is 60.9 cm³/mol. The van der Waals surface area contributed by atoms with Gasteiger partial charge in [-0.05, 0) is 36.2 Å². The van der Waals surface area contributed by atoms with Gasteiger partial charge in [-0.2, -0.15) is 11.3 Å². The second-order valence-corrected chi connectivity index (χ2v) is 5.01. The van der Waals surface area contributed by atoms with Gasteiger partial charge in [-0.25, -0.2) is 0 Å². The summed E-state index contributed by atoms with van der Waals surface area (Å²) >= 11 is 1.72. The summed E-state index contributed by atoms with van der Waals surface area (Å²) < 4.78 is 11.1. The van der Waals surface area contributed by atoms with E-state index in [2.05, 4.69) is 22.1 Å². The van der Waals surface area contributed by atoms with Crippen LogP contribution in [0.3, 0.4) is 0 Å². The van der Waals surface area contributed by atoms with Crippen LogP contribution in [0.5, 0.6) is 0 Å². The van der Waals surface area contributed by atoms with E-state index in [0.717, 1.165) is 19.8 Å². The zero-order chi connectivity index (χ0) is 10.7. The molecule has 0 aromatic carbocycles. The van der Waals surface area contributed by atoms with Crippen molar-refractivity contribution in [2.45, 2.75) is 32.2 Å². The molecule has 0 atom stereocenters. The number of ether oxygens (including phenoxy) is 2. The number of thiophene rings is 1. The van der Waals surface area contributed by atoms with Crippen molar-refractivity contribution in [3.8, 4) is 0 Å². The second kappa shape index (κ2) is 4.61. The van der Waals surface area contributed by atoms with Crippen LogP contribution in [0, 0.1) is 0 Å². The van der Waals surface area contributed by atoms with Crippen LogP contribution in [-0.4, -0.2) is 25.0 Å². The van der Waals surface area contributed by atoms with Gasteiger partial charge in [0.1, 0.15) is 0 Å². The maximum Gasteiger partial charge on any atom is 0.162 e. The molecule has 84 valence electrons. The van der Waals surface area contributed by atoms with Gasteiger partial charge in [0.2, 0.25) is 0 Å². The van der Waals surface area contributed by atoms with E-state index in [1.165, 1.54) is 5.56 Å². The Hall–Kier alpha value is -0.420. The van der Waals surface area contributed by atoms with Gasteiger partial charge in [0.25, 0.3) is 0 Å². The van der Waals surface area contributed by atoms with E-state index >= 15 is 0 Å². The van der Waals surface area contributed by atoms with Gasteiger partial charge in [-0.3, -0.25) is 0 Å². The lowest BCUT2D eigenvalue weighted by Gasteiger charge is -2.35. The van der Waals surface area contributed by atoms with Gasteiger partial charge < -0.3 is 14.8 Å². The first-order valence-corrected chi connectivity index (χ1v) is 6.12. The Balaban J connectivity index is 1.73. The Morgan fingerprint density at radius 3 is 2.80 bits per heavy atom. The highest BCUT2D eigenvalue weighted by molar-refractivity contribution is 7.07. The van der Waals surface area contributed by atoms with E-state index in [0.29, 0.717) is 6.04 Å². The Morgan fingerprint density at radius 2 is 2.20 bits per heavy atom. The summed E-state index contributed by atoms with van der Waals surface area (Å²) in [7, 11) is 0. The van der Waals surface area contributed by atoms with Crippen molar-refractivity contribution in [1.29, 1.82) is 0 Å². The van der Waals surface area contributed by atoms with Gasteiger partial charge in [-0.15, -0.1) is 0 Å². The quantitative estimate of drug-likeness (QED) is 0.856. The molecule has 1 aliphatic heterocycles. The molecule has 1 aliphatic rings. The first-order valence-electron chi connectivity index (χ1n) is 5.18. The molecule has 0 amide bonds. The first kappa shape index (κ1) is 11.1. The normalized spacial score (nSPS) is 21.7. The van der Waals surface area contributed by atoms with Gasteiger partial charge in [0.05, 0.1) is 19.3 Å². The Bertz CT molecular complexity index is 288. The molecule has 0 spiro atoms. The summed E-state index contributed by atoms with van der Waals surface area (Å²) in [5.74, 6) is -0.416. The SMILES string of the molecule is CC1(C)OCC(NCc2ccsc2)CO1. The fraction of sp³-hybridized carbons (Fsp3) is 0.636. The molecule has 3 nitrogen and oxygen atoms in total. The maximum atomic E-state index is 5.57. The third-order valence-corrected chi connectivity index (χ3v) is 3.17. The fourth-order valence-electron chi connectivity index (χ4n) is 1.47. The molecule has 1 fully saturated rings. The van der Waals surface area contributed by atoms with Crippen LogP contribution in [0.25, 0.3) is 0 Å². The molecule has 15 heavy (non-hydrogen) atoms. The molecule has 0 radical (unpaired) electrons. The van der Waals surface area contributed by atoms with Crippen LogP contribution < -0.4 is 5.32 Å². The highest BCUT2D eigenvalue weighted by Crippen LogP contribution is 2.17. The van der Waals surface area contributed by atoms with E-state index < -0.39 is 5.79 Å². The van der Waals surface area contributed by atoms with Crippen molar-refractivity contribution in [2.24, 2.45) is 0 Å². The zero-order valence-corrected chi connectivity index (χ0v) is 9.97. The number of hydrogen-bond donors (Lipinski definition) is 1. The molecule has 0 unspecified atom stereocenters. The van der Waals surface area contributed by atoms with Crippen molar-refractivity contribution < 1.29 is 9.47 Å². The lowest BCUT2D eigenvalue weighted by atomic mass is 10.2. The van der Waals surface area contributed by atoms with Crippen molar-refractivity contribution in [3.05, 3.63) is 22.4 Å². The topological polar surface area (TPSA) is 30.5 Å². The number of hydrogen-bond acceptors (Lipinski definition) is 4. The van der Waals surface area contributed by atoms with E-state index in [1.807, 2.05) is 13.8 Å². The Kier molecular flexibility index (Phi) is 3.41. The summed E-state index contributed by atoms with van der Waals surface area (Å²) in [6, 6.07) is 2.43. The maximum absolute atomic E-state index is 5.57. The summed E-state index contributed by atoms with van der Waals surface area (Å²) in [5, 5.41) is 7.66. The van der Waals surface area contributed by atoms with Gasteiger partial charge >= 0.3 is 0 Å². The molecule has 0 bridgehead atoms. The van der Waals surface area contributed by atoms with E-state index in [9.17, 15) is 0 Å². The zero-order valence-electron chi connectivity index (χ0n) is 9.16. The lowest BCUT2D eigenvalue weighted by Crippen LogP contribution is -2.48. The smallest absolute Gasteiger partial charge is 0.162 e. The third-order valence-electron chi connectivity index (χ3n) is 2.44. The minimum Gasteiger partial charge on any atom is -0.349 e. The van der Waals surface area contributed by atoms with Crippen LogP contribution >= 0.6 is 11.3 Å². The Morgan fingerprint density at radius 1 is 1.47 bits per heavy atom. The molecule has 0 saturated carbocycles. The van der Waals surface area contributed by atoms with Crippen LogP contribution in [-0.2, 0) is 16.0 Å². The predicted octanol–water partition coefficient (Wildman–Crippen LogP) is 1.99. The summed E-state index contributed by atoms with van der Waals surface area (Å²) in [5.41, 5.74) is 1.32. The van der Waals surface area contributed by atoms with Crippen molar-refractivity contribution >= 4 is 11.3 Å². The highest BCUT2D eigenvalue weighted by atomic mass is 32.1. The minimum atomic E-state index is -0.416. The molecule has 1 N–H and O–H groups in total. The van der Waals surface area contributed by atoms with Crippen molar-refractivity contribution in [3.63, 3.8) is 0 Å². The molecule has 4 heteroatoms. The second-order valence-electron chi connectivity index (χ2n) is 4.23. The van der Waals surface area contributed by atoms with Crippen LogP contribution in [0.15, 0.2) is 16.8 Å². The van der Waals surface area contributed by atoms with E-state index in [-0.39, 0.29) is 0 Å². The molecule has 1 aromatic rings. The van der Waals surface area contributed by atoms with Crippen molar-refractivity contribution in [1.82, 2.24) is 5.32 Å².